The third-order valence-corrected chi connectivity index (χ3v) is 7.74. The Balaban J connectivity index is 2.34. The number of nitrogens with one attached hydrogen (secondary N) is 1. The average Bonchev–Trinajstić information content (AvgIpc) is 3.12. The molecule has 1 N–H and O–H groups in total. The lowest BCUT2D eigenvalue weighted by molar-refractivity contribution is 0.487. The van der Waals surface area contributed by atoms with E-state index in [-0.39, 0.29) is 22.3 Å². The van der Waals surface area contributed by atoms with E-state index < -0.39 is 25.1 Å². The maximum absolute atomic E-state index is 12.6. The highest BCUT2D eigenvalue weighted by Crippen LogP contribution is 2.31. The molecule has 1 atom stereocenters. The molecule has 0 saturated carbocycles. The van der Waals surface area contributed by atoms with Gasteiger partial charge in [-0.3, -0.25) is 0 Å². The Hall–Kier alpha value is -1.16. The van der Waals surface area contributed by atoms with Gasteiger partial charge in [0.25, 0.3) is 0 Å². The molecule has 0 saturated heterocycles. The Morgan fingerprint density at radius 2 is 2.00 bits per heavy atom. The Morgan fingerprint density at radius 1 is 1.24 bits per heavy atom. The molecular formula is C12H15NO5S3. The van der Waals surface area contributed by atoms with Crippen molar-refractivity contribution < 1.29 is 21.3 Å². The summed E-state index contributed by atoms with van der Waals surface area (Å²) in [6.45, 7) is 1.22. The molecule has 0 aliphatic carbocycles. The molecule has 0 aliphatic rings. The summed E-state index contributed by atoms with van der Waals surface area (Å²) >= 11 is 1.09. The third kappa shape index (κ3) is 3.73. The van der Waals surface area contributed by atoms with Gasteiger partial charge in [0.2, 0.25) is 10.0 Å². The van der Waals surface area contributed by atoms with Gasteiger partial charge in [-0.25, -0.2) is 21.6 Å². The highest BCUT2D eigenvalue weighted by atomic mass is 32.2. The van der Waals surface area contributed by atoms with Crippen LogP contribution in [0.4, 0.5) is 0 Å². The molecular weight excluding hydrogens is 334 g/mol. The minimum Gasteiger partial charge on any atom is -0.468 e. The highest BCUT2D eigenvalue weighted by Gasteiger charge is 2.33. The molecule has 0 amide bonds. The van der Waals surface area contributed by atoms with E-state index in [1.807, 2.05) is 0 Å². The molecule has 2 aromatic rings. The summed E-state index contributed by atoms with van der Waals surface area (Å²) in [4.78, 5) is 0. The molecule has 21 heavy (non-hydrogen) atoms. The van der Waals surface area contributed by atoms with Crippen molar-refractivity contribution in [2.75, 3.05) is 12.3 Å². The Morgan fingerprint density at radius 3 is 2.52 bits per heavy atom. The fraction of sp³-hybridized carbons (Fsp3) is 0.333. The molecule has 2 aromatic heterocycles. The largest absolute Gasteiger partial charge is 0.468 e. The maximum atomic E-state index is 12.6. The minimum atomic E-state index is -3.71. The first-order valence-electron chi connectivity index (χ1n) is 6.15. The van der Waals surface area contributed by atoms with Gasteiger partial charge < -0.3 is 4.42 Å². The smallest absolute Gasteiger partial charge is 0.211 e. The van der Waals surface area contributed by atoms with Crippen LogP contribution in [0.2, 0.25) is 0 Å². The van der Waals surface area contributed by atoms with Gasteiger partial charge in [-0.15, -0.1) is 11.3 Å². The SMILES string of the molecule is CCS(=O)(=O)NC[C@H](c1ccco1)S(=O)(=O)c1cccs1. The molecule has 0 unspecified atom stereocenters. The van der Waals surface area contributed by atoms with Crippen LogP contribution in [-0.2, 0) is 19.9 Å². The van der Waals surface area contributed by atoms with E-state index in [1.54, 1.807) is 17.5 Å². The third-order valence-electron chi connectivity index (χ3n) is 2.88. The normalized spacial score (nSPS) is 14.1. The van der Waals surface area contributed by atoms with Crippen molar-refractivity contribution in [1.29, 1.82) is 0 Å². The topological polar surface area (TPSA) is 93.4 Å². The summed E-state index contributed by atoms with van der Waals surface area (Å²) in [6, 6.07) is 6.22. The summed E-state index contributed by atoms with van der Waals surface area (Å²) < 4.78 is 56.0. The predicted molar refractivity (Wildman–Crippen MR) is 80.4 cm³/mol. The fourth-order valence-electron chi connectivity index (χ4n) is 1.71. The van der Waals surface area contributed by atoms with Gasteiger partial charge in [-0.2, -0.15) is 0 Å². The van der Waals surface area contributed by atoms with Crippen LogP contribution >= 0.6 is 11.3 Å². The Kier molecular flexibility index (Phi) is 4.87. The van der Waals surface area contributed by atoms with Crippen LogP contribution in [0.15, 0.2) is 44.5 Å². The van der Waals surface area contributed by atoms with Crippen molar-refractivity contribution in [3.05, 3.63) is 41.7 Å². The zero-order chi connectivity index (χ0) is 15.5. The molecule has 0 radical (unpaired) electrons. The van der Waals surface area contributed by atoms with Crippen LogP contribution in [0, 0.1) is 0 Å². The highest BCUT2D eigenvalue weighted by molar-refractivity contribution is 7.93. The first-order valence-corrected chi connectivity index (χ1v) is 10.2. The monoisotopic (exact) mass is 349 g/mol. The predicted octanol–water partition coefficient (Wildman–Crippen LogP) is 1.80. The number of rotatable bonds is 7. The van der Waals surface area contributed by atoms with Gasteiger partial charge in [0.05, 0.1) is 12.0 Å². The maximum Gasteiger partial charge on any atom is 0.211 e. The second-order valence-electron chi connectivity index (χ2n) is 4.23. The number of sulfone groups is 1. The molecule has 0 spiro atoms. The zero-order valence-corrected chi connectivity index (χ0v) is 13.7. The molecule has 0 aliphatic heterocycles. The first kappa shape index (κ1) is 16.2. The van der Waals surface area contributed by atoms with Crippen LogP contribution < -0.4 is 4.72 Å². The van der Waals surface area contributed by atoms with Crippen LogP contribution in [0.3, 0.4) is 0 Å². The van der Waals surface area contributed by atoms with Gasteiger partial charge >= 0.3 is 0 Å². The molecule has 6 nitrogen and oxygen atoms in total. The van der Waals surface area contributed by atoms with E-state index in [1.165, 1.54) is 25.3 Å². The quantitative estimate of drug-likeness (QED) is 0.822. The first-order chi connectivity index (χ1) is 9.87. The summed E-state index contributed by atoms with van der Waals surface area (Å²) in [5.74, 6) is 0.0962. The van der Waals surface area contributed by atoms with Gasteiger partial charge in [-0.1, -0.05) is 6.07 Å². The van der Waals surface area contributed by atoms with Crippen molar-refractivity contribution in [1.82, 2.24) is 4.72 Å². The van der Waals surface area contributed by atoms with Gasteiger partial charge in [0.1, 0.15) is 15.2 Å². The number of sulfonamides is 1. The second-order valence-corrected chi connectivity index (χ2v) is 9.63. The van der Waals surface area contributed by atoms with Gasteiger partial charge in [-0.05, 0) is 30.5 Å². The van der Waals surface area contributed by atoms with Gasteiger partial charge in [0.15, 0.2) is 9.84 Å². The van der Waals surface area contributed by atoms with Gasteiger partial charge in [0, 0.05) is 6.54 Å². The van der Waals surface area contributed by atoms with Crippen LogP contribution in [-0.4, -0.2) is 29.1 Å². The van der Waals surface area contributed by atoms with Crippen LogP contribution in [0.1, 0.15) is 17.9 Å². The number of hydrogen-bond acceptors (Lipinski definition) is 6. The lowest BCUT2D eigenvalue weighted by atomic mass is 10.3. The molecule has 2 rings (SSSR count). The van der Waals surface area contributed by atoms with E-state index in [0.29, 0.717) is 0 Å². The van der Waals surface area contributed by atoms with Crippen molar-refractivity contribution in [2.45, 2.75) is 16.4 Å². The Labute approximate surface area is 127 Å². The van der Waals surface area contributed by atoms with Crippen molar-refractivity contribution >= 4 is 31.2 Å². The van der Waals surface area contributed by atoms with E-state index in [0.717, 1.165) is 11.3 Å². The summed E-state index contributed by atoms with van der Waals surface area (Å²) in [7, 11) is -7.20. The average molecular weight is 349 g/mol. The number of furan rings is 1. The lowest BCUT2D eigenvalue weighted by Crippen LogP contribution is -2.32. The molecule has 0 bridgehead atoms. The summed E-state index contributed by atoms with van der Waals surface area (Å²) in [5, 5.41) is 0.565. The van der Waals surface area contributed by atoms with E-state index in [2.05, 4.69) is 4.72 Å². The minimum absolute atomic E-state index is 0.114. The molecule has 2 heterocycles. The van der Waals surface area contributed by atoms with E-state index in [4.69, 9.17) is 4.42 Å². The standard InChI is InChI=1S/C12H15NO5S3/c1-2-20(14,15)13-9-11(10-5-3-7-18-10)21(16,17)12-6-4-8-19-12/h3-8,11,13H,2,9H2,1H3/t11-/m1/s1. The van der Waals surface area contributed by atoms with Crippen LogP contribution in [0.25, 0.3) is 0 Å². The zero-order valence-electron chi connectivity index (χ0n) is 11.2. The number of thiophene rings is 1. The Bertz CT molecular complexity index is 761. The number of hydrogen-bond donors (Lipinski definition) is 1. The summed E-state index contributed by atoms with van der Waals surface area (Å²) in [6.07, 6.45) is 1.36. The molecule has 0 fully saturated rings. The van der Waals surface area contributed by atoms with Crippen molar-refractivity contribution in [3.63, 3.8) is 0 Å². The van der Waals surface area contributed by atoms with Crippen molar-refractivity contribution in [2.24, 2.45) is 0 Å². The summed E-state index contributed by atoms with van der Waals surface area (Å²) in [5.41, 5.74) is 0. The van der Waals surface area contributed by atoms with E-state index >= 15 is 0 Å². The molecule has 0 aromatic carbocycles. The van der Waals surface area contributed by atoms with Crippen LogP contribution in [0.5, 0.6) is 0 Å². The fourth-order valence-corrected chi connectivity index (χ4v) is 5.23. The van der Waals surface area contributed by atoms with Crippen molar-refractivity contribution in [3.8, 4) is 0 Å². The second kappa shape index (κ2) is 6.30. The molecule has 116 valence electrons. The molecule has 9 heteroatoms. The lowest BCUT2D eigenvalue weighted by Gasteiger charge is -2.15. The van der Waals surface area contributed by atoms with E-state index in [9.17, 15) is 16.8 Å².